The van der Waals surface area contributed by atoms with Crippen LogP contribution >= 0.6 is 34.9 Å². The van der Waals surface area contributed by atoms with Crippen LogP contribution in [0.1, 0.15) is 11.1 Å². The summed E-state index contributed by atoms with van der Waals surface area (Å²) < 4.78 is -1.46. The van der Waals surface area contributed by atoms with Crippen molar-refractivity contribution in [2.75, 3.05) is 0 Å². The second-order valence-corrected chi connectivity index (χ2v) is 7.64. The molecule has 3 aromatic rings. The van der Waals surface area contributed by atoms with E-state index < -0.39 is 4.21 Å². The zero-order valence-electron chi connectivity index (χ0n) is 12.2. The van der Waals surface area contributed by atoms with Crippen LogP contribution in [0.5, 0.6) is 0 Å². The maximum Gasteiger partial charge on any atom is 0.242 e. The van der Waals surface area contributed by atoms with Crippen LogP contribution in [0.3, 0.4) is 0 Å². The van der Waals surface area contributed by atoms with Crippen molar-refractivity contribution in [1.29, 1.82) is 0 Å². The monoisotopic (exact) mass is 374 g/mol. The summed E-state index contributed by atoms with van der Waals surface area (Å²) in [6, 6.07) is 13.1. The Kier molecular flexibility index (Phi) is 3.96. The summed E-state index contributed by atoms with van der Waals surface area (Å²) >= 11 is 8.07. The second kappa shape index (κ2) is 6.00. The summed E-state index contributed by atoms with van der Waals surface area (Å²) in [6.45, 7) is 0. The third-order valence-corrected chi connectivity index (χ3v) is 6.10. The molecule has 0 saturated heterocycles. The molecule has 7 heteroatoms. The quantitative estimate of drug-likeness (QED) is 0.354. The van der Waals surface area contributed by atoms with Gasteiger partial charge in [-0.25, -0.2) is 0 Å². The predicted molar refractivity (Wildman–Crippen MR) is 101 cm³/mol. The van der Waals surface area contributed by atoms with Gasteiger partial charge in [0.25, 0.3) is 0 Å². The number of thiophene rings is 1. The Hall–Kier alpha value is -1.67. The van der Waals surface area contributed by atoms with Gasteiger partial charge in [-0.3, -0.25) is 4.98 Å². The molecule has 24 heavy (non-hydrogen) atoms. The lowest BCUT2D eigenvalue weighted by Gasteiger charge is -2.31. The van der Waals surface area contributed by atoms with Crippen molar-refractivity contribution in [3.8, 4) is 10.4 Å². The van der Waals surface area contributed by atoms with E-state index in [1.54, 1.807) is 17.8 Å². The molecule has 0 radical (unpaired) electrons. The van der Waals surface area contributed by atoms with Crippen LogP contribution in [0.4, 0.5) is 5.00 Å². The number of pyridine rings is 1. The molecular formula is C17H11ClN2O2S2. The van der Waals surface area contributed by atoms with Gasteiger partial charge in [-0.15, -0.1) is 4.21 Å². The minimum Gasteiger partial charge on any atom is -0.580 e. The lowest BCUT2D eigenvalue weighted by atomic mass is 10.0. The van der Waals surface area contributed by atoms with Crippen LogP contribution in [0.15, 0.2) is 60.3 Å². The number of aromatic nitrogens is 1. The van der Waals surface area contributed by atoms with Crippen molar-refractivity contribution in [2.24, 2.45) is 0 Å². The molecule has 0 spiro atoms. The van der Waals surface area contributed by atoms with Gasteiger partial charge in [0.2, 0.25) is 5.00 Å². The summed E-state index contributed by atoms with van der Waals surface area (Å²) in [5.74, 6) is 0. The van der Waals surface area contributed by atoms with Crippen LogP contribution in [-0.4, -0.2) is 10.2 Å². The van der Waals surface area contributed by atoms with E-state index in [0.29, 0.717) is 10.0 Å². The molecular weight excluding hydrogens is 364 g/mol. The van der Waals surface area contributed by atoms with Gasteiger partial charge < -0.3 is 5.21 Å². The number of nitrogens with zero attached hydrogens (tertiary/aromatic N) is 2. The van der Waals surface area contributed by atoms with Crippen LogP contribution in [-0.2, 0) is 0 Å². The summed E-state index contributed by atoms with van der Waals surface area (Å²) in [6.07, 6.45) is 3.41. The Morgan fingerprint density at radius 1 is 1.04 bits per heavy atom. The van der Waals surface area contributed by atoms with E-state index in [1.807, 2.05) is 42.5 Å². The Morgan fingerprint density at radius 3 is 2.46 bits per heavy atom. The average Bonchev–Trinajstić information content (AvgIpc) is 3.04. The fraction of sp³-hybridized carbons (Fsp3) is 0. The molecule has 4 rings (SSSR count). The molecule has 1 N–H and O–H groups in total. The van der Waals surface area contributed by atoms with Crippen molar-refractivity contribution in [2.45, 2.75) is 0 Å². The SMILES string of the molecule is [O-][N+]1(O)SC=C(c2ccc(Cl)cc2)c2cc(-c3ccncc3)sc21. The van der Waals surface area contributed by atoms with Crippen molar-refractivity contribution in [3.63, 3.8) is 0 Å². The van der Waals surface area contributed by atoms with Gasteiger partial charge in [-0.1, -0.05) is 35.1 Å². The van der Waals surface area contributed by atoms with Crippen LogP contribution in [0, 0.1) is 5.21 Å². The Labute approximate surface area is 151 Å². The summed E-state index contributed by atoms with van der Waals surface area (Å²) in [4.78, 5) is 4.93. The van der Waals surface area contributed by atoms with E-state index in [0.717, 1.165) is 39.1 Å². The third-order valence-electron chi connectivity index (χ3n) is 3.69. The fourth-order valence-corrected chi connectivity index (χ4v) is 4.64. The van der Waals surface area contributed by atoms with E-state index in [2.05, 4.69) is 4.98 Å². The Bertz CT molecular complexity index is 922. The molecule has 0 fully saturated rings. The normalized spacial score (nSPS) is 19.7. The van der Waals surface area contributed by atoms with Gasteiger partial charge in [0.1, 0.15) is 11.9 Å². The van der Waals surface area contributed by atoms with Crippen molar-refractivity contribution >= 4 is 45.5 Å². The Morgan fingerprint density at radius 2 is 1.75 bits per heavy atom. The smallest absolute Gasteiger partial charge is 0.242 e. The molecule has 3 heterocycles. The first-order valence-corrected chi connectivity index (χ1v) is 9.10. The highest BCUT2D eigenvalue weighted by molar-refractivity contribution is 8.01. The zero-order valence-corrected chi connectivity index (χ0v) is 14.6. The highest BCUT2D eigenvalue weighted by Crippen LogP contribution is 2.51. The number of benzene rings is 1. The first-order valence-electron chi connectivity index (χ1n) is 7.07. The van der Waals surface area contributed by atoms with E-state index in [1.165, 1.54) is 11.3 Å². The van der Waals surface area contributed by atoms with E-state index in [-0.39, 0.29) is 0 Å². The Balaban J connectivity index is 1.86. The molecule has 1 atom stereocenters. The minimum absolute atomic E-state index is 0.360. The number of rotatable bonds is 2. The number of halogens is 1. The molecule has 120 valence electrons. The maximum atomic E-state index is 12.4. The van der Waals surface area contributed by atoms with Crippen molar-refractivity contribution in [1.82, 2.24) is 9.20 Å². The maximum absolute atomic E-state index is 12.4. The molecule has 1 unspecified atom stereocenters. The second-order valence-electron chi connectivity index (χ2n) is 5.23. The van der Waals surface area contributed by atoms with Gasteiger partial charge in [-0.05, 0) is 41.5 Å². The fourth-order valence-electron chi connectivity index (χ4n) is 2.53. The van der Waals surface area contributed by atoms with Crippen LogP contribution in [0.2, 0.25) is 5.02 Å². The number of hydrogen-bond donors (Lipinski definition) is 1. The largest absolute Gasteiger partial charge is 0.580 e. The lowest BCUT2D eigenvalue weighted by molar-refractivity contribution is 0.0781. The van der Waals surface area contributed by atoms with E-state index >= 15 is 0 Å². The molecule has 1 aromatic carbocycles. The highest BCUT2D eigenvalue weighted by Gasteiger charge is 2.34. The average molecular weight is 375 g/mol. The van der Waals surface area contributed by atoms with Gasteiger partial charge >= 0.3 is 0 Å². The van der Waals surface area contributed by atoms with Gasteiger partial charge in [0, 0.05) is 33.3 Å². The molecule has 0 bridgehead atoms. The summed E-state index contributed by atoms with van der Waals surface area (Å²) in [7, 11) is 0. The van der Waals surface area contributed by atoms with Gasteiger partial charge in [0.05, 0.1) is 5.56 Å². The van der Waals surface area contributed by atoms with Crippen LogP contribution in [0.25, 0.3) is 16.0 Å². The molecule has 0 saturated carbocycles. The first-order chi connectivity index (χ1) is 11.5. The third kappa shape index (κ3) is 2.77. The van der Waals surface area contributed by atoms with Gasteiger partial charge in [0.15, 0.2) is 0 Å². The highest BCUT2D eigenvalue weighted by atomic mass is 35.5. The lowest BCUT2D eigenvalue weighted by Crippen LogP contribution is -2.31. The van der Waals surface area contributed by atoms with E-state index in [9.17, 15) is 10.4 Å². The topological polar surface area (TPSA) is 56.2 Å². The zero-order chi connectivity index (χ0) is 16.7. The summed E-state index contributed by atoms with van der Waals surface area (Å²) in [5, 5.41) is 25.3. The standard InChI is InChI=1S/C17H11ClN2O2S2/c18-13-3-1-11(2-4-13)15-10-23-20(21,22)17-14(15)9-16(24-17)12-5-7-19-8-6-12/h1-10,21H. The first kappa shape index (κ1) is 15.8. The number of hydrogen-bond acceptors (Lipinski definition) is 5. The summed E-state index contributed by atoms with van der Waals surface area (Å²) in [5.41, 5.74) is 3.56. The number of fused-ring (bicyclic) bond motifs is 1. The molecule has 2 aromatic heterocycles. The minimum atomic E-state index is -1.46. The van der Waals surface area contributed by atoms with Gasteiger partial charge in [-0.2, -0.15) is 5.21 Å². The molecule has 0 amide bonds. The predicted octanol–water partition coefficient (Wildman–Crippen LogP) is 5.71. The molecule has 4 nitrogen and oxygen atoms in total. The van der Waals surface area contributed by atoms with Crippen molar-refractivity contribution in [3.05, 3.63) is 81.6 Å². The van der Waals surface area contributed by atoms with Crippen LogP contribution < -0.4 is 4.21 Å². The van der Waals surface area contributed by atoms with E-state index in [4.69, 9.17) is 11.6 Å². The number of quaternary nitrogens is 1. The van der Waals surface area contributed by atoms with Crippen molar-refractivity contribution < 1.29 is 5.21 Å². The molecule has 0 aliphatic carbocycles. The molecule has 1 aliphatic rings. The molecule has 1 aliphatic heterocycles.